The Hall–Kier alpha value is -2.03. The molecule has 1 aliphatic rings. The molecular weight excluding hydrogens is 406 g/mol. The summed E-state index contributed by atoms with van der Waals surface area (Å²) in [5, 5.41) is 0.652. The minimum atomic E-state index is -3.63. The van der Waals surface area contributed by atoms with Gasteiger partial charge in [0, 0.05) is 30.1 Å². The topological polar surface area (TPSA) is 70.6 Å². The van der Waals surface area contributed by atoms with E-state index in [0.29, 0.717) is 30.3 Å². The monoisotopic (exact) mass is 433 g/mol. The highest BCUT2D eigenvalue weighted by Gasteiger charge is 2.26. The standard InChI is InChI=1S/C21H27N3O3S2/c1-4-14-24(21-22-18-12-7-8-13-19(18)28-21)20(25)16-10-9-11-17(15-16)29(26,27)23(5-2)6-3/h4,9-11,15H,1,5-8,12-14H2,2-3H3. The molecule has 1 aliphatic carbocycles. The number of carbonyl (C=O) groups is 1. The molecule has 29 heavy (non-hydrogen) atoms. The lowest BCUT2D eigenvalue weighted by molar-refractivity contribution is 0.0989. The van der Waals surface area contributed by atoms with Crippen LogP contribution in [0.4, 0.5) is 5.13 Å². The van der Waals surface area contributed by atoms with E-state index in [9.17, 15) is 13.2 Å². The van der Waals surface area contributed by atoms with Gasteiger partial charge in [-0.25, -0.2) is 13.4 Å². The van der Waals surface area contributed by atoms with E-state index in [0.717, 1.165) is 31.4 Å². The number of rotatable bonds is 8. The quantitative estimate of drug-likeness (QED) is 0.592. The van der Waals surface area contributed by atoms with Crippen molar-refractivity contribution >= 4 is 32.4 Å². The molecule has 0 atom stereocenters. The van der Waals surface area contributed by atoms with Crippen LogP contribution in [0.2, 0.25) is 0 Å². The van der Waals surface area contributed by atoms with Crippen LogP contribution in [-0.4, -0.2) is 43.2 Å². The van der Waals surface area contributed by atoms with Crippen molar-refractivity contribution in [3.05, 3.63) is 53.1 Å². The van der Waals surface area contributed by atoms with Crippen LogP contribution in [0, 0.1) is 0 Å². The Balaban J connectivity index is 1.95. The van der Waals surface area contributed by atoms with E-state index < -0.39 is 10.0 Å². The van der Waals surface area contributed by atoms with Gasteiger partial charge in [0.15, 0.2) is 5.13 Å². The first-order valence-corrected chi connectivity index (χ1v) is 12.2. The van der Waals surface area contributed by atoms with Gasteiger partial charge in [0.1, 0.15) is 0 Å². The molecule has 0 bridgehead atoms. The zero-order valence-corrected chi connectivity index (χ0v) is 18.6. The maximum Gasteiger partial charge on any atom is 0.260 e. The maximum atomic E-state index is 13.3. The molecule has 156 valence electrons. The van der Waals surface area contributed by atoms with Gasteiger partial charge in [-0.1, -0.05) is 26.0 Å². The molecule has 0 spiro atoms. The summed E-state index contributed by atoms with van der Waals surface area (Å²) in [5.74, 6) is -0.271. The molecule has 1 amide bonds. The minimum absolute atomic E-state index is 0.129. The average molecular weight is 434 g/mol. The van der Waals surface area contributed by atoms with E-state index in [1.165, 1.54) is 21.3 Å². The first-order chi connectivity index (χ1) is 13.9. The first kappa shape index (κ1) is 21.7. The van der Waals surface area contributed by atoms with Crippen molar-refractivity contribution in [1.82, 2.24) is 9.29 Å². The van der Waals surface area contributed by atoms with Crippen LogP contribution in [0.1, 0.15) is 47.6 Å². The number of aryl methyl sites for hydroxylation is 2. The highest BCUT2D eigenvalue weighted by Crippen LogP contribution is 2.32. The molecule has 2 aromatic rings. The van der Waals surface area contributed by atoms with Crippen LogP contribution in [0.5, 0.6) is 0 Å². The summed E-state index contributed by atoms with van der Waals surface area (Å²) >= 11 is 1.55. The summed E-state index contributed by atoms with van der Waals surface area (Å²) in [6.45, 7) is 8.44. The number of hydrogen-bond donors (Lipinski definition) is 0. The molecular formula is C21H27N3O3S2. The predicted octanol–water partition coefficient (Wildman–Crippen LogP) is 3.89. The highest BCUT2D eigenvalue weighted by atomic mass is 32.2. The van der Waals surface area contributed by atoms with Gasteiger partial charge in [-0.05, 0) is 43.9 Å². The van der Waals surface area contributed by atoms with E-state index in [2.05, 4.69) is 6.58 Å². The number of aromatic nitrogens is 1. The molecule has 1 aromatic heterocycles. The summed E-state index contributed by atoms with van der Waals surface area (Å²) in [4.78, 5) is 20.9. The van der Waals surface area contributed by atoms with Crippen LogP contribution in [0.25, 0.3) is 0 Å². The van der Waals surface area contributed by atoms with E-state index in [1.54, 1.807) is 48.3 Å². The lowest BCUT2D eigenvalue weighted by atomic mass is 10.0. The predicted molar refractivity (Wildman–Crippen MR) is 117 cm³/mol. The molecule has 0 radical (unpaired) electrons. The fraction of sp³-hybridized carbons (Fsp3) is 0.429. The molecule has 1 heterocycles. The van der Waals surface area contributed by atoms with Gasteiger partial charge in [0.2, 0.25) is 10.0 Å². The molecule has 0 saturated carbocycles. The van der Waals surface area contributed by atoms with Gasteiger partial charge in [0.25, 0.3) is 5.91 Å². The largest absolute Gasteiger partial charge is 0.280 e. The van der Waals surface area contributed by atoms with Crippen molar-refractivity contribution in [2.24, 2.45) is 0 Å². The van der Waals surface area contributed by atoms with Gasteiger partial charge in [-0.3, -0.25) is 9.69 Å². The highest BCUT2D eigenvalue weighted by molar-refractivity contribution is 7.89. The molecule has 0 aliphatic heterocycles. The van der Waals surface area contributed by atoms with Gasteiger partial charge in [0.05, 0.1) is 10.6 Å². The molecule has 3 rings (SSSR count). The number of anilines is 1. The minimum Gasteiger partial charge on any atom is -0.280 e. The molecule has 6 nitrogen and oxygen atoms in total. The number of benzene rings is 1. The van der Waals surface area contributed by atoms with Gasteiger partial charge in [-0.15, -0.1) is 17.9 Å². The van der Waals surface area contributed by atoms with Crippen molar-refractivity contribution in [1.29, 1.82) is 0 Å². The zero-order chi connectivity index (χ0) is 21.0. The fourth-order valence-electron chi connectivity index (χ4n) is 3.49. The van der Waals surface area contributed by atoms with Crippen molar-refractivity contribution < 1.29 is 13.2 Å². The maximum absolute atomic E-state index is 13.3. The fourth-order valence-corrected chi connectivity index (χ4v) is 6.15. The van der Waals surface area contributed by atoms with Crippen molar-refractivity contribution in [3.63, 3.8) is 0 Å². The molecule has 8 heteroatoms. The third kappa shape index (κ3) is 4.44. The molecule has 0 saturated heterocycles. The molecule has 0 N–H and O–H groups in total. The third-order valence-corrected chi connectivity index (χ3v) is 8.27. The lowest BCUT2D eigenvalue weighted by Gasteiger charge is -2.20. The Morgan fingerprint density at radius 1 is 1.24 bits per heavy atom. The van der Waals surface area contributed by atoms with Crippen LogP contribution < -0.4 is 4.90 Å². The van der Waals surface area contributed by atoms with Gasteiger partial charge in [-0.2, -0.15) is 4.31 Å². The van der Waals surface area contributed by atoms with E-state index in [4.69, 9.17) is 4.98 Å². The smallest absolute Gasteiger partial charge is 0.260 e. The summed E-state index contributed by atoms with van der Waals surface area (Å²) in [6.07, 6.45) is 5.88. The van der Waals surface area contributed by atoms with Crippen LogP contribution >= 0.6 is 11.3 Å². The third-order valence-electron chi connectivity index (χ3n) is 5.05. The second kappa shape index (κ2) is 9.19. The van der Waals surface area contributed by atoms with E-state index in [1.807, 2.05) is 0 Å². The number of thiazole rings is 1. The number of hydrogen-bond acceptors (Lipinski definition) is 5. The van der Waals surface area contributed by atoms with Crippen LogP contribution in [0.3, 0.4) is 0 Å². The SMILES string of the molecule is C=CCN(C(=O)c1cccc(S(=O)(=O)N(CC)CC)c1)c1nc2c(s1)CCCC2. The second-order valence-electron chi connectivity index (χ2n) is 6.90. The Bertz CT molecular complexity index is 971. The molecule has 1 aromatic carbocycles. The van der Waals surface area contributed by atoms with Crippen LogP contribution in [-0.2, 0) is 22.9 Å². The lowest BCUT2D eigenvalue weighted by Crippen LogP contribution is -2.32. The number of sulfonamides is 1. The van der Waals surface area contributed by atoms with E-state index in [-0.39, 0.29) is 10.8 Å². The average Bonchev–Trinajstić information content (AvgIpc) is 3.16. The van der Waals surface area contributed by atoms with Crippen molar-refractivity contribution in [2.75, 3.05) is 24.5 Å². The van der Waals surface area contributed by atoms with Crippen molar-refractivity contribution in [2.45, 2.75) is 44.4 Å². The number of nitrogens with zero attached hydrogens (tertiary/aromatic N) is 3. The first-order valence-electron chi connectivity index (χ1n) is 9.93. The second-order valence-corrected chi connectivity index (χ2v) is 9.90. The number of fused-ring (bicyclic) bond motifs is 1. The molecule has 0 unspecified atom stereocenters. The van der Waals surface area contributed by atoms with E-state index >= 15 is 0 Å². The number of amides is 1. The van der Waals surface area contributed by atoms with Gasteiger partial charge >= 0.3 is 0 Å². The van der Waals surface area contributed by atoms with Gasteiger partial charge < -0.3 is 0 Å². The summed E-state index contributed by atoms with van der Waals surface area (Å²) in [6, 6.07) is 6.25. The summed E-state index contributed by atoms with van der Waals surface area (Å²) in [7, 11) is -3.63. The summed E-state index contributed by atoms with van der Waals surface area (Å²) in [5.41, 5.74) is 1.41. The zero-order valence-electron chi connectivity index (χ0n) is 16.9. The Morgan fingerprint density at radius 3 is 2.62 bits per heavy atom. The normalized spacial score (nSPS) is 13.9. The Kier molecular flexibility index (Phi) is 6.87. The Labute approximate surface area is 176 Å². The summed E-state index contributed by atoms with van der Waals surface area (Å²) < 4.78 is 27.1. The Morgan fingerprint density at radius 2 is 1.97 bits per heavy atom. The van der Waals surface area contributed by atoms with Crippen molar-refractivity contribution in [3.8, 4) is 0 Å². The molecule has 0 fully saturated rings. The number of carbonyl (C=O) groups excluding carboxylic acids is 1. The van der Waals surface area contributed by atoms with Crippen LogP contribution in [0.15, 0.2) is 41.8 Å².